The Morgan fingerprint density at radius 3 is 2.31 bits per heavy atom. The van der Waals surface area contributed by atoms with Gasteiger partial charge in [-0.1, -0.05) is 32.9 Å². The molecule has 16 heavy (non-hydrogen) atoms. The van der Waals surface area contributed by atoms with E-state index in [1.165, 1.54) is 12.1 Å². The molecule has 0 saturated carbocycles. The number of hydrogen-bond acceptors (Lipinski definition) is 1. The van der Waals surface area contributed by atoms with Crippen molar-refractivity contribution in [2.24, 2.45) is 5.92 Å². The molecule has 0 unspecified atom stereocenters. The molecule has 0 spiro atoms. The molecule has 1 aromatic rings. The van der Waals surface area contributed by atoms with Crippen LogP contribution in [0.3, 0.4) is 0 Å². The topological polar surface area (TPSA) is 29.1 Å². The van der Waals surface area contributed by atoms with Gasteiger partial charge in [0.2, 0.25) is 6.41 Å². The Balaban J connectivity index is 3.18. The summed E-state index contributed by atoms with van der Waals surface area (Å²) in [5.74, 6) is -0.0169. The Hall–Kier alpha value is -1.38. The lowest BCUT2D eigenvalue weighted by Gasteiger charge is -2.37. The smallest absolute Gasteiger partial charge is 0.207 e. The Morgan fingerprint density at radius 2 is 1.94 bits per heavy atom. The van der Waals surface area contributed by atoms with E-state index in [9.17, 15) is 9.18 Å². The van der Waals surface area contributed by atoms with Gasteiger partial charge in [-0.2, -0.15) is 0 Å². The molecule has 1 amide bonds. The van der Waals surface area contributed by atoms with Crippen LogP contribution in [0, 0.1) is 11.7 Å². The number of benzene rings is 1. The van der Waals surface area contributed by atoms with E-state index >= 15 is 0 Å². The molecule has 0 aliphatic carbocycles. The van der Waals surface area contributed by atoms with Gasteiger partial charge in [-0.15, -0.1) is 0 Å². The van der Waals surface area contributed by atoms with Crippen LogP contribution >= 0.6 is 0 Å². The summed E-state index contributed by atoms with van der Waals surface area (Å²) >= 11 is 0. The van der Waals surface area contributed by atoms with Gasteiger partial charge in [-0.3, -0.25) is 4.79 Å². The van der Waals surface area contributed by atoms with Crippen LogP contribution in [0.4, 0.5) is 4.39 Å². The van der Waals surface area contributed by atoms with Gasteiger partial charge in [0.05, 0.1) is 5.54 Å². The summed E-state index contributed by atoms with van der Waals surface area (Å²) in [5, 5.41) is 2.88. The molecule has 1 N–H and O–H groups in total. The second-order valence-electron chi connectivity index (χ2n) is 4.25. The molecule has 2 nitrogen and oxygen atoms in total. The van der Waals surface area contributed by atoms with E-state index < -0.39 is 5.54 Å². The van der Waals surface area contributed by atoms with Crippen molar-refractivity contribution in [2.75, 3.05) is 0 Å². The maximum atomic E-state index is 12.9. The van der Waals surface area contributed by atoms with Crippen molar-refractivity contribution in [3.63, 3.8) is 0 Å². The van der Waals surface area contributed by atoms with E-state index in [-0.39, 0.29) is 11.7 Å². The number of carbonyl (C=O) groups is 1. The zero-order valence-corrected chi connectivity index (χ0v) is 9.96. The Labute approximate surface area is 95.9 Å². The Morgan fingerprint density at radius 1 is 1.38 bits per heavy atom. The summed E-state index contributed by atoms with van der Waals surface area (Å²) in [4.78, 5) is 10.7. The molecule has 1 atom stereocenters. The van der Waals surface area contributed by atoms with Crippen LogP contribution in [-0.2, 0) is 10.3 Å². The first-order valence-electron chi connectivity index (χ1n) is 5.54. The van der Waals surface area contributed by atoms with Gasteiger partial charge in [0.15, 0.2) is 0 Å². The molecule has 0 fully saturated rings. The predicted molar refractivity (Wildman–Crippen MR) is 62.4 cm³/mol. The highest BCUT2D eigenvalue weighted by Gasteiger charge is 2.33. The maximum absolute atomic E-state index is 12.9. The third-order valence-corrected chi connectivity index (χ3v) is 3.22. The summed E-state index contributed by atoms with van der Waals surface area (Å²) in [7, 11) is 0. The summed E-state index contributed by atoms with van der Waals surface area (Å²) in [6.07, 6.45) is 1.49. The molecule has 1 rings (SSSR count). The van der Waals surface area contributed by atoms with E-state index in [2.05, 4.69) is 5.32 Å². The number of amides is 1. The van der Waals surface area contributed by atoms with Crippen LogP contribution in [0.1, 0.15) is 32.8 Å². The SMILES string of the molecule is CC[C@](NC=O)(c1ccc(F)cc1)C(C)C. The van der Waals surface area contributed by atoms with E-state index in [1.54, 1.807) is 12.1 Å². The van der Waals surface area contributed by atoms with Crippen LogP contribution in [0.15, 0.2) is 24.3 Å². The largest absolute Gasteiger partial charge is 0.349 e. The first-order chi connectivity index (χ1) is 7.56. The fourth-order valence-electron chi connectivity index (χ4n) is 2.15. The molecular weight excluding hydrogens is 205 g/mol. The second-order valence-corrected chi connectivity index (χ2v) is 4.25. The maximum Gasteiger partial charge on any atom is 0.207 e. The van der Waals surface area contributed by atoms with Crippen LogP contribution in [0.25, 0.3) is 0 Å². The van der Waals surface area contributed by atoms with E-state index in [4.69, 9.17) is 0 Å². The molecule has 0 aliphatic rings. The molecule has 0 heterocycles. The number of halogens is 1. The van der Waals surface area contributed by atoms with Crippen molar-refractivity contribution in [2.45, 2.75) is 32.7 Å². The van der Waals surface area contributed by atoms with E-state index in [0.29, 0.717) is 6.41 Å². The van der Waals surface area contributed by atoms with Gasteiger partial charge in [-0.25, -0.2) is 4.39 Å². The minimum atomic E-state index is -0.407. The fraction of sp³-hybridized carbons (Fsp3) is 0.462. The van der Waals surface area contributed by atoms with Crippen molar-refractivity contribution in [3.05, 3.63) is 35.6 Å². The van der Waals surface area contributed by atoms with Crippen molar-refractivity contribution in [1.82, 2.24) is 5.32 Å². The lowest BCUT2D eigenvalue weighted by atomic mass is 9.78. The van der Waals surface area contributed by atoms with Crippen molar-refractivity contribution in [3.8, 4) is 0 Å². The lowest BCUT2D eigenvalue weighted by molar-refractivity contribution is -0.112. The van der Waals surface area contributed by atoms with E-state index in [1.807, 2.05) is 20.8 Å². The van der Waals surface area contributed by atoms with Crippen LogP contribution < -0.4 is 5.32 Å². The standard InChI is InChI=1S/C13H18FNO/c1-4-13(10(2)3,15-9-16)11-5-7-12(14)8-6-11/h5-10H,4H2,1-3H3,(H,15,16)/t13-/m1/s1. The number of hydrogen-bond donors (Lipinski definition) is 1. The Kier molecular flexibility index (Phi) is 4.05. The van der Waals surface area contributed by atoms with Crippen molar-refractivity contribution in [1.29, 1.82) is 0 Å². The molecular formula is C13H18FNO. The normalized spacial score (nSPS) is 14.6. The highest BCUT2D eigenvalue weighted by Crippen LogP contribution is 2.32. The van der Waals surface area contributed by atoms with Gasteiger partial charge in [-0.05, 0) is 30.0 Å². The van der Waals surface area contributed by atoms with Crippen molar-refractivity contribution >= 4 is 6.41 Å². The predicted octanol–water partition coefficient (Wildman–Crippen LogP) is 2.83. The number of rotatable bonds is 5. The number of carbonyl (C=O) groups excluding carboxylic acids is 1. The minimum Gasteiger partial charge on any atom is -0.349 e. The summed E-state index contributed by atoms with van der Waals surface area (Å²) in [5.41, 5.74) is 0.536. The molecule has 3 heteroatoms. The summed E-state index contributed by atoms with van der Waals surface area (Å²) in [6, 6.07) is 6.31. The summed E-state index contributed by atoms with van der Waals surface area (Å²) < 4.78 is 12.9. The monoisotopic (exact) mass is 223 g/mol. The summed E-state index contributed by atoms with van der Waals surface area (Å²) in [6.45, 7) is 6.10. The van der Waals surface area contributed by atoms with Gasteiger partial charge in [0.25, 0.3) is 0 Å². The zero-order chi connectivity index (χ0) is 12.2. The molecule has 0 bridgehead atoms. The minimum absolute atomic E-state index is 0.244. The second kappa shape index (κ2) is 5.10. The first kappa shape index (κ1) is 12.7. The van der Waals surface area contributed by atoms with Crippen LogP contribution in [0.5, 0.6) is 0 Å². The fourth-order valence-corrected chi connectivity index (χ4v) is 2.15. The van der Waals surface area contributed by atoms with Gasteiger partial charge < -0.3 is 5.32 Å². The lowest BCUT2D eigenvalue weighted by Crippen LogP contribution is -2.45. The average Bonchev–Trinajstić information content (AvgIpc) is 2.27. The highest BCUT2D eigenvalue weighted by atomic mass is 19.1. The molecule has 1 aromatic carbocycles. The highest BCUT2D eigenvalue weighted by molar-refractivity contribution is 5.50. The first-order valence-corrected chi connectivity index (χ1v) is 5.54. The third-order valence-electron chi connectivity index (χ3n) is 3.22. The zero-order valence-electron chi connectivity index (χ0n) is 9.96. The van der Waals surface area contributed by atoms with Crippen LogP contribution in [-0.4, -0.2) is 6.41 Å². The van der Waals surface area contributed by atoms with Gasteiger partial charge in [0.1, 0.15) is 5.82 Å². The van der Waals surface area contributed by atoms with Crippen LogP contribution in [0.2, 0.25) is 0 Å². The molecule has 0 radical (unpaired) electrons. The molecule has 0 aromatic heterocycles. The third kappa shape index (κ3) is 2.23. The molecule has 88 valence electrons. The van der Waals surface area contributed by atoms with Gasteiger partial charge >= 0.3 is 0 Å². The van der Waals surface area contributed by atoms with Gasteiger partial charge in [0, 0.05) is 0 Å². The van der Waals surface area contributed by atoms with E-state index in [0.717, 1.165) is 12.0 Å². The Bertz CT molecular complexity index is 347. The van der Waals surface area contributed by atoms with Crippen molar-refractivity contribution < 1.29 is 9.18 Å². The average molecular weight is 223 g/mol. The molecule has 0 saturated heterocycles. The number of nitrogens with one attached hydrogen (secondary N) is 1. The molecule has 0 aliphatic heterocycles. The quantitative estimate of drug-likeness (QED) is 0.764.